The van der Waals surface area contributed by atoms with Gasteiger partial charge in [-0.3, -0.25) is 4.79 Å². The lowest BCUT2D eigenvalue weighted by Gasteiger charge is -1.99. The summed E-state index contributed by atoms with van der Waals surface area (Å²) in [5.74, 6) is 0.369. The Morgan fingerprint density at radius 1 is 1.38 bits per heavy atom. The molecular formula is C13H14O3. The SMILES string of the molecule is COCCc1ccc2oc(C(C)=O)cc2c1. The van der Waals surface area contributed by atoms with E-state index in [9.17, 15) is 4.79 Å². The van der Waals surface area contributed by atoms with E-state index in [0.717, 1.165) is 17.4 Å². The third-order valence-electron chi connectivity index (χ3n) is 2.52. The van der Waals surface area contributed by atoms with Crippen LogP contribution in [0, 0.1) is 0 Å². The van der Waals surface area contributed by atoms with Crippen LogP contribution in [0.15, 0.2) is 28.7 Å². The Balaban J connectivity index is 2.34. The van der Waals surface area contributed by atoms with Crippen LogP contribution in [0.5, 0.6) is 0 Å². The van der Waals surface area contributed by atoms with Crippen molar-refractivity contribution >= 4 is 16.8 Å². The second-order valence-corrected chi connectivity index (χ2v) is 3.78. The van der Waals surface area contributed by atoms with Crippen molar-refractivity contribution in [3.8, 4) is 0 Å². The van der Waals surface area contributed by atoms with Crippen LogP contribution in [0.1, 0.15) is 23.0 Å². The first-order valence-corrected chi connectivity index (χ1v) is 5.23. The van der Waals surface area contributed by atoms with E-state index in [1.165, 1.54) is 12.5 Å². The zero-order valence-corrected chi connectivity index (χ0v) is 9.45. The highest BCUT2D eigenvalue weighted by Gasteiger charge is 2.07. The summed E-state index contributed by atoms with van der Waals surface area (Å²) in [6, 6.07) is 7.71. The molecule has 3 heteroatoms. The van der Waals surface area contributed by atoms with Crippen molar-refractivity contribution < 1.29 is 13.9 Å². The number of ketones is 1. The van der Waals surface area contributed by atoms with Gasteiger partial charge in [-0.25, -0.2) is 0 Å². The molecule has 16 heavy (non-hydrogen) atoms. The van der Waals surface area contributed by atoms with Crippen molar-refractivity contribution in [3.63, 3.8) is 0 Å². The molecule has 3 nitrogen and oxygen atoms in total. The monoisotopic (exact) mass is 218 g/mol. The molecule has 0 saturated carbocycles. The fourth-order valence-corrected chi connectivity index (χ4v) is 1.64. The molecule has 1 aromatic carbocycles. The molecule has 0 atom stereocenters. The largest absolute Gasteiger partial charge is 0.453 e. The lowest BCUT2D eigenvalue weighted by molar-refractivity contribution is 0.0989. The maximum Gasteiger partial charge on any atom is 0.194 e. The van der Waals surface area contributed by atoms with Crippen molar-refractivity contribution in [1.82, 2.24) is 0 Å². The van der Waals surface area contributed by atoms with Crippen molar-refractivity contribution in [3.05, 3.63) is 35.6 Å². The molecule has 0 fully saturated rings. The van der Waals surface area contributed by atoms with Crippen molar-refractivity contribution in [2.24, 2.45) is 0 Å². The number of Topliss-reactive ketones (excluding diaryl/α,β-unsaturated/α-hetero) is 1. The molecule has 0 radical (unpaired) electrons. The van der Waals surface area contributed by atoms with Gasteiger partial charge in [0.1, 0.15) is 5.58 Å². The number of hydrogen-bond donors (Lipinski definition) is 0. The first-order valence-electron chi connectivity index (χ1n) is 5.23. The summed E-state index contributed by atoms with van der Waals surface area (Å²) >= 11 is 0. The van der Waals surface area contributed by atoms with Gasteiger partial charge in [0, 0.05) is 19.4 Å². The smallest absolute Gasteiger partial charge is 0.194 e. The van der Waals surface area contributed by atoms with E-state index < -0.39 is 0 Å². The topological polar surface area (TPSA) is 39.4 Å². The molecule has 0 saturated heterocycles. The molecule has 0 aliphatic rings. The van der Waals surface area contributed by atoms with E-state index >= 15 is 0 Å². The minimum Gasteiger partial charge on any atom is -0.453 e. The molecule has 84 valence electrons. The number of carbonyl (C=O) groups excluding carboxylic acids is 1. The highest BCUT2D eigenvalue weighted by atomic mass is 16.5. The summed E-state index contributed by atoms with van der Waals surface area (Å²) in [4.78, 5) is 11.2. The van der Waals surface area contributed by atoms with Gasteiger partial charge >= 0.3 is 0 Å². The number of rotatable bonds is 4. The van der Waals surface area contributed by atoms with Gasteiger partial charge in [0.25, 0.3) is 0 Å². The van der Waals surface area contributed by atoms with Crippen LogP contribution in [0.3, 0.4) is 0 Å². The summed E-state index contributed by atoms with van der Waals surface area (Å²) in [7, 11) is 1.68. The molecule has 0 amide bonds. The van der Waals surface area contributed by atoms with E-state index in [-0.39, 0.29) is 5.78 Å². The fourth-order valence-electron chi connectivity index (χ4n) is 1.64. The first-order chi connectivity index (χ1) is 7.70. The molecule has 0 unspecified atom stereocenters. The number of methoxy groups -OCH3 is 1. The van der Waals surface area contributed by atoms with Crippen LogP contribution in [0.2, 0.25) is 0 Å². The molecular weight excluding hydrogens is 204 g/mol. The second kappa shape index (κ2) is 4.49. The third kappa shape index (κ3) is 2.14. The highest BCUT2D eigenvalue weighted by Crippen LogP contribution is 2.21. The maximum absolute atomic E-state index is 11.2. The fraction of sp³-hybridized carbons (Fsp3) is 0.308. The lowest BCUT2D eigenvalue weighted by Crippen LogP contribution is -1.93. The van der Waals surface area contributed by atoms with Gasteiger partial charge < -0.3 is 9.15 Å². The average molecular weight is 218 g/mol. The molecule has 2 rings (SSSR count). The van der Waals surface area contributed by atoms with Crippen LogP contribution >= 0.6 is 0 Å². The average Bonchev–Trinajstić information content (AvgIpc) is 2.69. The third-order valence-corrected chi connectivity index (χ3v) is 2.52. The minimum atomic E-state index is -0.0466. The van der Waals surface area contributed by atoms with Gasteiger partial charge in [-0.2, -0.15) is 0 Å². The van der Waals surface area contributed by atoms with Crippen LogP contribution in [0.4, 0.5) is 0 Å². The molecule has 1 heterocycles. The predicted octanol–water partition coefficient (Wildman–Crippen LogP) is 2.82. The molecule has 0 spiro atoms. The van der Waals surface area contributed by atoms with Gasteiger partial charge in [-0.15, -0.1) is 0 Å². The Hall–Kier alpha value is -1.61. The van der Waals surface area contributed by atoms with E-state index in [2.05, 4.69) is 0 Å². The molecule has 0 aliphatic carbocycles. The number of fused-ring (bicyclic) bond motifs is 1. The highest BCUT2D eigenvalue weighted by molar-refractivity contribution is 5.96. The molecule has 2 aromatic rings. The number of ether oxygens (including phenoxy) is 1. The Kier molecular flexibility index (Phi) is 3.06. The van der Waals surface area contributed by atoms with Crippen LogP contribution in [0.25, 0.3) is 11.0 Å². The maximum atomic E-state index is 11.2. The van der Waals surface area contributed by atoms with Gasteiger partial charge in [0.2, 0.25) is 0 Å². The van der Waals surface area contributed by atoms with Crippen molar-refractivity contribution in [2.75, 3.05) is 13.7 Å². The zero-order chi connectivity index (χ0) is 11.5. The molecule has 1 aromatic heterocycles. The molecule has 0 bridgehead atoms. The summed E-state index contributed by atoms with van der Waals surface area (Å²) in [6.45, 7) is 2.20. The zero-order valence-electron chi connectivity index (χ0n) is 9.45. The summed E-state index contributed by atoms with van der Waals surface area (Å²) in [5, 5.41) is 0.971. The second-order valence-electron chi connectivity index (χ2n) is 3.78. The Morgan fingerprint density at radius 3 is 2.88 bits per heavy atom. The van der Waals surface area contributed by atoms with Gasteiger partial charge in [-0.05, 0) is 30.2 Å². The number of furan rings is 1. The van der Waals surface area contributed by atoms with E-state index in [4.69, 9.17) is 9.15 Å². The molecule has 0 N–H and O–H groups in total. The number of hydrogen-bond acceptors (Lipinski definition) is 3. The van der Waals surface area contributed by atoms with Crippen molar-refractivity contribution in [1.29, 1.82) is 0 Å². The van der Waals surface area contributed by atoms with E-state index in [1.807, 2.05) is 18.2 Å². The number of carbonyl (C=O) groups is 1. The number of benzene rings is 1. The van der Waals surface area contributed by atoms with Gasteiger partial charge in [-0.1, -0.05) is 6.07 Å². The van der Waals surface area contributed by atoms with Gasteiger partial charge in [0.15, 0.2) is 11.5 Å². The standard InChI is InChI=1S/C13H14O3/c1-9(14)13-8-11-7-10(5-6-15-2)3-4-12(11)16-13/h3-4,7-8H,5-6H2,1-2H3. The van der Waals surface area contributed by atoms with Crippen LogP contribution < -0.4 is 0 Å². The van der Waals surface area contributed by atoms with Crippen molar-refractivity contribution in [2.45, 2.75) is 13.3 Å². The Labute approximate surface area is 94.0 Å². The normalized spacial score (nSPS) is 10.9. The van der Waals surface area contributed by atoms with Gasteiger partial charge in [0.05, 0.1) is 6.61 Å². The summed E-state index contributed by atoms with van der Waals surface area (Å²) in [6.07, 6.45) is 0.868. The van der Waals surface area contributed by atoms with Crippen LogP contribution in [-0.4, -0.2) is 19.5 Å². The quantitative estimate of drug-likeness (QED) is 0.741. The summed E-state index contributed by atoms with van der Waals surface area (Å²) < 4.78 is 10.4. The van der Waals surface area contributed by atoms with Crippen LogP contribution in [-0.2, 0) is 11.2 Å². The molecule has 0 aliphatic heterocycles. The lowest BCUT2D eigenvalue weighted by atomic mass is 10.1. The Morgan fingerprint density at radius 2 is 2.19 bits per heavy atom. The first kappa shape index (κ1) is 10.9. The van der Waals surface area contributed by atoms with E-state index in [0.29, 0.717) is 12.4 Å². The van der Waals surface area contributed by atoms with E-state index in [1.54, 1.807) is 13.2 Å². The predicted molar refractivity (Wildman–Crippen MR) is 61.8 cm³/mol. The summed E-state index contributed by atoms with van der Waals surface area (Å²) in [5.41, 5.74) is 1.94. The minimum absolute atomic E-state index is 0.0466. The Bertz CT molecular complexity index is 511.